The van der Waals surface area contributed by atoms with Crippen LogP contribution in [0.25, 0.3) is 0 Å². The average Bonchev–Trinajstić information content (AvgIpc) is 2.11. The Balaban J connectivity index is 3.21. The van der Waals surface area contributed by atoms with Crippen LogP contribution in [0.5, 0.6) is 11.5 Å². The molecule has 0 atom stereocenters. The summed E-state index contributed by atoms with van der Waals surface area (Å²) in [5.41, 5.74) is -0.219. The summed E-state index contributed by atoms with van der Waals surface area (Å²) in [5, 5.41) is 17.6. The van der Waals surface area contributed by atoms with Crippen molar-refractivity contribution in [1.29, 1.82) is 5.26 Å². The third-order valence-electron chi connectivity index (χ3n) is 1.44. The highest BCUT2D eigenvalue weighted by Crippen LogP contribution is 2.26. The number of nitrogens with zero attached hydrogens (tertiary/aromatic N) is 1. The van der Waals surface area contributed by atoms with Gasteiger partial charge >= 0.3 is 0 Å². The summed E-state index contributed by atoms with van der Waals surface area (Å²) in [5.74, 6) is -1.01. The van der Waals surface area contributed by atoms with Crippen LogP contribution in [0.15, 0.2) is 12.1 Å². The molecule has 1 rings (SSSR count). The molecule has 0 aliphatic carbocycles. The number of phenolic OH excluding ortho intramolecular Hbond substituents is 1. The largest absolute Gasteiger partial charge is 0.508 e. The van der Waals surface area contributed by atoms with Crippen molar-refractivity contribution >= 4 is 0 Å². The highest BCUT2D eigenvalue weighted by atomic mass is 19.1. The lowest BCUT2D eigenvalue weighted by Crippen LogP contribution is -1.96. The number of rotatable bonds is 2. The number of benzene rings is 1. The second kappa shape index (κ2) is 3.76. The monoisotopic (exact) mass is 181 g/mol. The highest BCUT2D eigenvalue weighted by Gasteiger charge is 2.10. The fourth-order valence-corrected chi connectivity index (χ4v) is 0.925. The second-order valence-electron chi connectivity index (χ2n) is 2.35. The third-order valence-corrected chi connectivity index (χ3v) is 1.44. The maximum absolute atomic E-state index is 13.2. The van der Waals surface area contributed by atoms with Crippen molar-refractivity contribution in [3.05, 3.63) is 23.5 Å². The van der Waals surface area contributed by atoms with E-state index in [9.17, 15) is 4.39 Å². The summed E-state index contributed by atoms with van der Waals surface area (Å²) >= 11 is 0. The maximum atomic E-state index is 13.2. The molecule has 0 radical (unpaired) electrons. The number of nitriles is 1. The molecule has 4 heteroatoms. The summed E-state index contributed by atoms with van der Waals surface area (Å²) in [6, 6.07) is 3.81. The lowest BCUT2D eigenvalue weighted by atomic mass is 10.2. The van der Waals surface area contributed by atoms with Crippen LogP contribution in [-0.2, 0) is 0 Å². The van der Waals surface area contributed by atoms with Crippen molar-refractivity contribution in [3.8, 4) is 17.6 Å². The Hall–Kier alpha value is -1.76. The van der Waals surface area contributed by atoms with E-state index in [2.05, 4.69) is 0 Å². The molecule has 1 N–H and O–H groups in total. The molecule has 0 spiro atoms. The van der Waals surface area contributed by atoms with Gasteiger partial charge in [-0.05, 0) is 6.92 Å². The normalized spacial score (nSPS) is 9.31. The third kappa shape index (κ3) is 1.88. The Kier molecular flexibility index (Phi) is 2.70. The van der Waals surface area contributed by atoms with Gasteiger partial charge in [0.2, 0.25) is 0 Å². The van der Waals surface area contributed by atoms with E-state index in [4.69, 9.17) is 15.1 Å². The molecule has 0 aliphatic heterocycles. The molecule has 0 fully saturated rings. The second-order valence-corrected chi connectivity index (χ2v) is 2.35. The van der Waals surface area contributed by atoms with Crippen molar-refractivity contribution in [3.63, 3.8) is 0 Å². The maximum Gasteiger partial charge on any atom is 0.183 e. The summed E-state index contributed by atoms with van der Waals surface area (Å²) < 4.78 is 18.1. The van der Waals surface area contributed by atoms with E-state index >= 15 is 0 Å². The van der Waals surface area contributed by atoms with Crippen LogP contribution in [0, 0.1) is 17.1 Å². The van der Waals surface area contributed by atoms with E-state index < -0.39 is 5.82 Å². The molecule has 1 aromatic carbocycles. The minimum absolute atomic E-state index is 0.0981. The van der Waals surface area contributed by atoms with Crippen molar-refractivity contribution in [2.75, 3.05) is 6.61 Å². The van der Waals surface area contributed by atoms with Gasteiger partial charge in [0.25, 0.3) is 0 Å². The molecule has 0 aliphatic rings. The van der Waals surface area contributed by atoms with Crippen molar-refractivity contribution in [2.45, 2.75) is 6.92 Å². The van der Waals surface area contributed by atoms with E-state index in [1.165, 1.54) is 0 Å². The zero-order chi connectivity index (χ0) is 9.84. The molecule has 1 aromatic rings. The predicted octanol–water partition coefficient (Wildman–Crippen LogP) is 1.80. The standard InChI is InChI=1S/C9H8FNO2/c1-2-13-8-4-7(12)3-6(5-11)9(8)10/h3-4,12H,2H2,1H3. The molecule has 0 saturated carbocycles. The molecule has 13 heavy (non-hydrogen) atoms. The SMILES string of the molecule is CCOc1cc(O)cc(C#N)c1F. The minimum Gasteiger partial charge on any atom is -0.508 e. The van der Waals surface area contributed by atoms with Crippen molar-refractivity contribution in [1.82, 2.24) is 0 Å². The van der Waals surface area contributed by atoms with Gasteiger partial charge in [0.1, 0.15) is 11.8 Å². The first-order valence-electron chi connectivity index (χ1n) is 3.74. The first-order chi connectivity index (χ1) is 6.19. The summed E-state index contributed by atoms with van der Waals surface area (Å²) in [4.78, 5) is 0. The number of hydrogen-bond acceptors (Lipinski definition) is 3. The molecular formula is C9H8FNO2. The Morgan fingerprint density at radius 1 is 1.62 bits per heavy atom. The smallest absolute Gasteiger partial charge is 0.183 e. The summed E-state index contributed by atoms with van der Waals surface area (Å²) in [6.07, 6.45) is 0. The Morgan fingerprint density at radius 2 is 2.31 bits per heavy atom. The molecule has 68 valence electrons. The summed E-state index contributed by atoms with van der Waals surface area (Å²) in [7, 11) is 0. The van der Waals surface area contributed by atoms with Crippen LogP contribution in [-0.4, -0.2) is 11.7 Å². The average molecular weight is 181 g/mol. The molecule has 0 saturated heterocycles. The fourth-order valence-electron chi connectivity index (χ4n) is 0.925. The quantitative estimate of drug-likeness (QED) is 0.756. The number of halogens is 1. The number of aromatic hydroxyl groups is 1. The predicted molar refractivity (Wildman–Crippen MR) is 43.9 cm³/mol. The highest BCUT2D eigenvalue weighted by molar-refractivity contribution is 5.44. The van der Waals surface area contributed by atoms with Crippen LogP contribution in [0.3, 0.4) is 0 Å². The molecule has 0 aromatic heterocycles. The Morgan fingerprint density at radius 3 is 2.85 bits per heavy atom. The molecular weight excluding hydrogens is 173 g/mol. The molecule has 0 heterocycles. The van der Waals surface area contributed by atoms with Crippen molar-refractivity contribution < 1.29 is 14.2 Å². The Bertz CT molecular complexity index is 357. The minimum atomic E-state index is -0.734. The van der Waals surface area contributed by atoms with Gasteiger partial charge in [-0.25, -0.2) is 4.39 Å². The Labute approximate surface area is 75.0 Å². The van der Waals surface area contributed by atoms with Gasteiger partial charge in [0, 0.05) is 12.1 Å². The van der Waals surface area contributed by atoms with Crippen LogP contribution in [0.2, 0.25) is 0 Å². The molecule has 0 bridgehead atoms. The van der Waals surface area contributed by atoms with Crippen LogP contribution in [0.1, 0.15) is 12.5 Å². The lowest BCUT2D eigenvalue weighted by molar-refractivity contribution is 0.318. The number of phenols is 1. The van der Waals surface area contributed by atoms with Crippen LogP contribution < -0.4 is 4.74 Å². The zero-order valence-corrected chi connectivity index (χ0v) is 7.04. The van der Waals surface area contributed by atoms with Gasteiger partial charge in [-0.2, -0.15) is 5.26 Å². The van der Waals surface area contributed by atoms with Gasteiger partial charge in [-0.1, -0.05) is 0 Å². The first-order valence-corrected chi connectivity index (χ1v) is 3.74. The van der Waals surface area contributed by atoms with Crippen LogP contribution >= 0.6 is 0 Å². The van der Waals surface area contributed by atoms with E-state index in [-0.39, 0.29) is 23.7 Å². The van der Waals surface area contributed by atoms with Gasteiger partial charge in [0.05, 0.1) is 12.2 Å². The zero-order valence-electron chi connectivity index (χ0n) is 7.04. The van der Waals surface area contributed by atoms with Crippen LogP contribution in [0.4, 0.5) is 4.39 Å². The fraction of sp³-hybridized carbons (Fsp3) is 0.222. The molecule has 3 nitrogen and oxygen atoms in total. The van der Waals surface area contributed by atoms with Gasteiger partial charge in [0.15, 0.2) is 11.6 Å². The first kappa shape index (κ1) is 9.33. The topological polar surface area (TPSA) is 53.2 Å². The molecule has 0 unspecified atom stereocenters. The van der Waals surface area contributed by atoms with Crippen molar-refractivity contribution in [2.24, 2.45) is 0 Å². The summed E-state index contributed by atoms with van der Waals surface area (Å²) in [6.45, 7) is 1.97. The number of ether oxygens (including phenoxy) is 1. The van der Waals surface area contributed by atoms with E-state index in [0.717, 1.165) is 12.1 Å². The van der Waals surface area contributed by atoms with E-state index in [1.807, 2.05) is 0 Å². The molecule has 0 amide bonds. The van der Waals surface area contributed by atoms with E-state index in [0.29, 0.717) is 0 Å². The van der Waals surface area contributed by atoms with Gasteiger partial charge < -0.3 is 9.84 Å². The van der Waals surface area contributed by atoms with E-state index in [1.54, 1.807) is 13.0 Å². The van der Waals surface area contributed by atoms with Gasteiger partial charge in [-0.15, -0.1) is 0 Å². The van der Waals surface area contributed by atoms with Gasteiger partial charge in [-0.3, -0.25) is 0 Å². The number of hydrogen-bond donors (Lipinski definition) is 1. The lowest BCUT2D eigenvalue weighted by Gasteiger charge is -2.05.